The molecule has 0 heterocycles. The van der Waals surface area contributed by atoms with Crippen LogP contribution in [0, 0.1) is 10.7 Å². The molecular formula is CAgKNS+. The molecule has 0 aliphatic rings. The Balaban J connectivity index is -0.0000000200. The van der Waals surface area contributed by atoms with Crippen molar-refractivity contribution in [2.24, 2.45) is 0 Å². The molecule has 0 aromatic carbocycles. The molecule has 0 rings (SSSR count). The maximum absolute atomic E-state index is 7.13. The van der Waals surface area contributed by atoms with Crippen LogP contribution < -0.4 is 51.4 Å². The van der Waals surface area contributed by atoms with Crippen LogP contribution in [-0.4, -0.2) is 0 Å². The van der Waals surface area contributed by atoms with Crippen molar-refractivity contribution in [1.82, 2.24) is 0 Å². The van der Waals surface area contributed by atoms with E-state index in [0.29, 0.717) is 0 Å². The molecule has 0 aromatic heterocycles. The van der Waals surface area contributed by atoms with Crippen LogP contribution in [0.4, 0.5) is 0 Å². The summed E-state index contributed by atoms with van der Waals surface area (Å²) in [6.45, 7) is 0. The average Bonchev–Trinajstić information content (AvgIpc) is 0.918. The molecule has 1 nitrogen and oxygen atoms in total. The molecule has 0 amide bonds. The monoisotopic (exact) mass is 204 g/mol. The van der Waals surface area contributed by atoms with Gasteiger partial charge in [0.05, 0.1) is 0 Å². The standard InChI is InChI=1S/CHNS.Ag.K/c2-1-3;;/h3H;;/q;2*+1/p-1. The second-order valence-corrected chi connectivity index (χ2v) is 0.274. The molecule has 0 aliphatic heterocycles. The van der Waals surface area contributed by atoms with Crippen LogP contribution in [0.2, 0.25) is 0 Å². The van der Waals surface area contributed by atoms with Gasteiger partial charge in [0.2, 0.25) is 0 Å². The van der Waals surface area contributed by atoms with Gasteiger partial charge in [0.25, 0.3) is 0 Å². The topological polar surface area (TPSA) is 23.8 Å². The largest absolute Gasteiger partial charge is 1.00 e. The summed E-state index contributed by atoms with van der Waals surface area (Å²) in [5, 5.41) is 8.47. The molecule has 0 spiro atoms. The van der Waals surface area contributed by atoms with E-state index >= 15 is 0 Å². The Hall–Kier alpha value is 2.09. The van der Waals surface area contributed by atoms with E-state index in [2.05, 4.69) is 12.6 Å². The smallest absolute Gasteiger partial charge is 0.696 e. The zero-order valence-electron chi connectivity index (χ0n) is 2.66. The van der Waals surface area contributed by atoms with Crippen LogP contribution in [0.15, 0.2) is 0 Å². The first-order valence-electron chi connectivity index (χ1n) is 0.428. The van der Waals surface area contributed by atoms with Crippen molar-refractivity contribution >= 4 is 12.6 Å². The third kappa shape index (κ3) is 23.3. The summed E-state index contributed by atoms with van der Waals surface area (Å²) in [5.41, 5.74) is 0. The van der Waals surface area contributed by atoms with Crippen molar-refractivity contribution < 1.29 is 73.8 Å². The maximum atomic E-state index is 7.13. The Bertz CT molecular complexity index is 33.1. The quantitative estimate of drug-likeness (QED) is 0.239. The van der Waals surface area contributed by atoms with E-state index in [1.807, 2.05) is 0 Å². The Labute approximate surface area is 94.8 Å². The van der Waals surface area contributed by atoms with Crippen LogP contribution in [0.3, 0.4) is 0 Å². The number of rotatable bonds is 0. The second-order valence-electron chi connectivity index (χ2n) is 0.0913. The van der Waals surface area contributed by atoms with Crippen molar-refractivity contribution in [3.8, 4) is 5.40 Å². The molecule has 0 unspecified atom stereocenters. The molecule has 4 heteroatoms. The Morgan fingerprint density at radius 3 is 1.60 bits per heavy atom. The molecule has 0 atom stereocenters. The van der Waals surface area contributed by atoms with Gasteiger partial charge >= 0.3 is 73.8 Å². The first-order valence-corrected chi connectivity index (χ1v) is 0.836. The van der Waals surface area contributed by atoms with Gasteiger partial charge in [0.1, 0.15) is 0 Å². The minimum Gasteiger partial charge on any atom is -0.696 e. The van der Waals surface area contributed by atoms with Gasteiger partial charge in [0.15, 0.2) is 0 Å². The molecular weight excluding hydrogens is 205 g/mol. The predicted molar refractivity (Wildman–Crippen MR) is 13.0 cm³/mol. The van der Waals surface area contributed by atoms with E-state index in [9.17, 15) is 0 Å². The molecule has 0 bridgehead atoms. The van der Waals surface area contributed by atoms with Gasteiger partial charge < -0.3 is 12.6 Å². The number of hydrogen-bond acceptors (Lipinski definition) is 2. The van der Waals surface area contributed by atoms with Crippen LogP contribution in [0.5, 0.6) is 0 Å². The zero-order valence-corrected chi connectivity index (χ0v) is 8.08. The molecule has 0 fully saturated rings. The molecule has 0 N–H and O–H groups in total. The summed E-state index contributed by atoms with van der Waals surface area (Å²) in [6.07, 6.45) is 0. The Kier molecular flexibility index (Phi) is 52.0. The molecule has 5 heavy (non-hydrogen) atoms. The van der Waals surface area contributed by atoms with Crippen LogP contribution in [0.1, 0.15) is 0 Å². The van der Waals surface area contributed by atoms with E-state index in [1.54, 1.807) is 0 Å². The van der Waals surface area contributed by atoms with Crippen molar-refractivity contribution in [3.63, 3.8) is 0 Å². The fourth-order valence-electron chi connectivity index (χ4n) is 0. The molecule has 26 valence electrons. The number of hydrogen-bond donors (Lipinski definition) is 0. The summed E-state index contributed by atoms with van der Waals surface area (Å²) < 4.78 is 0. The number of nitrogens with zero attached hydrogens (tertiary/aromatic N) is 1. The molecule has 0 aromatic rings. The molecule has 0 saturated carbocycles. The van der Waals surface area contributed by atoms with E-state index in [4.69, 9.17) is 5.26 Å². The molecule has 0 saturated heterocycles. The zero-order chi connectivity index (χ0) is 2.71. The Morgan fingerprint density at radius 1 is 1.60 bits per heavy atom. The first-order chi connectivity index (χ1) is 1.41. The van der Waals surface area contributed by atoms with Gasteiger partial charge in [-0.2, -0.15) is 0 Å². The van der Waals surface area contributed by atoms with Crippen molar-refractivity contribution in [1.29, 1.82) is 5.26 Å². The minimum absolute atomic E-state index is 0. The maximum Gasteiger partial charge on any atom is 1.00 e. The number of thiocyanates is 1. The van der Waals surface area contributed by atoms with Gasteiger partial charge in [-0.15, -0.1) is 0 Å². The third-order valence-corrected chi connectivity index (χ3v) is 0. The average molecular weight is 205 g/mol. The van der Waals surface area contributed by atoms with Crippen LogP contribution >= 0.6 is 0 Å². The van der Waals surface area contributed by atoms with Crippen molar-refractivity contribution in [2.75, 3.05) is 0 Å². The Morgan fingerprint density at radius 2 is 1.60 bits per heavy atom. The SMILES string of the molecule is N#C[S-].[Ag+].[K+]. The van der Waals surface area contributed by atoms with E-state index in [1.165, 1.54) is 5.40 Å². The van der Waals surface area contributed by atoms with Gasteiger partial charge in [-0.3, -0.25) is 0 Å². The summed E-state index contributed by atoms with van der Waals surface area (Å²) in [4.78, 5) is 0. The fourth-order valence-corrected chi connectivity index (χ4v) is 0. The van der Waals surface area contributed by atoms with Gasteiger partial charge in [-0.1, -0.05) is 5.40 Å². The second kappa shape index (κ2) is 16.5. The van der Waals surface area contributed by atoms with Crippen LogP contribution in [-0.2, 0) is 35.0 Å². The number of nitriles is 1. The van der Waals surface area contributed by atoms with Crippen molar-refractivity contribution in [3.05, 3.63) is 0 Å². The summed E-state index contributed by atoms with van der Waals surface area (Å²) in [5.74, 6) is 0. The van der Waals surface area contributed by atoms with E-state index in [0.717, 1.165) is 0 Å². The predicted octanol–water partition coefficient (Wildman–Crippen LogP) is -2.98. The van der Waals surface area contributed by atoms with Crippen LogP contribution in [0.25, 0.3) is 0 Å². The van der Waals surface area contributed by atoms with Gasteiger partial charge in [-0.05, 0) is 0 Å². The summed E-state index contributed by atoms with van der Waals surface area (Å²) in [6, 6.07) is 0. The fraction of sp³-hybridized carbons (Fsp3) is 0. The summed E-state index contributed by atoms with van der Waals surface area (Å²) >= 11 is 3.70. The van der Waals surface area contributed by atoms with Gasteiger partial charge in [0, 0.05) is 0 Å². The van der Waals surface area contributed by atoms with E-state index < -0.39 is 0 Å². The molecule has 0 aliphatic carbocycles. The van der Waals surface area contributed by atoms with Crippen molar-refractivity contribution in [2.45, 2.75) is 0 Å². The minimum atomic E-state index is 0. The third-order valence-electron chi connectivity index (χ3n) is 0. The van der Waals surface area contributed by atoms with Gasteiger partial charge in [-0.25, -0.2) is 5.26 Å². The first kappa shape index (κ1) is 15.7. The van der Waals surface area contributed by atoms with E-state index in [-0.39, 0.29) is 73.8 Å². The normalized spacial score (nSPS) is 1.40. The summed E-state index contributed by atoms with van der Waals surface area (Å²) in [7, 11) is 0. The molecule has 0 radical (unpaired) electrons.